The van der Waals surface area contributed by atoms with Gasteiger partial charge in [0.1, 0.15) is 5.60 Å². The highest BCUT2D eigenvalue weighted by atomic mass is 32.1. The minimum Gasteiger partial charge on any atom is -0.384 e. The van der Waals surface area contributed by atoms with Gasteiger partial charge in [-0.2, -0.15) is 13.2 Å². The van der Waals surface area contributed by atoms with Crippen LogP contribution in [0.5, 0.6) is 0 Å². The van der Waals surface area contributed by atoms with Gasteiger partial charge in [-0.25, -0.2) is 4.98 Å². The number of hydrogen-bond acceptors (Lipinski definition) is 8. The fourth-order valence-electron chi connectivity index (χ4n) is 5.69. The number of hydrogen-bond donors (Lipinski definition) is 3. The van der Waals surface area contributed by atoms with Crippen LogP contribution in [0.2, 0.25) is 0 Å². The first-order chi connectivity index (χ1) is 19.1. The summed E-state index contributed by atoms with van der Waals surface area (Å²) in [6, 6.07) is 4.33. The molecule has 1 atom stereocenters. The average molecular weight is 582 g/mol. The molecule has 2 aliphatic heterocycles. The minimum atomic E-state index is -4.55. The van der Waals surface area contributed by atoms with E-state index in [1.54, 1.807) is 11.3 Å². The third-order valence-electron chi connectivity index (χ3n) is 8.00. The molecular weight excluding hydrogens is 547 g/mol. The number of carbonyl (C=O) groups excluding carboxylic acids is 2. The minimum absolute atomic E-state index is 0.0756. The Bertz CT molecular complexity index is 1190. The Balaban J connectivity index is 1.05. The SMILES string of the molecule is O=C(CNC(=O)c1cccc(C(F)(F)F)c1)N[C@@H]1CCN(C2CCC(O)(c3csc(N4CCOCC4)n3)CC2)C1. The van der Waals surface area contributed by atoms with Gasteiger partial charge in [0, 0.05) is 49.2 Å². The molecule has 3 N–H and O–H groups in total. The van der Waals surface area contributed by atoms with E-state index in [1.807, 2.05) is 5.38 Å². The number of likely N-dealkylation sites (tertiary alicyclic amines) is 1. The number of morpholine rings is 1. The molecule has 0 bridgehead atoms. The molecule has 3 aliphatic rings. The Kier molecular flexibility index (Phi) is 8.64. The Morgan fingerprint density at radius 3 is 2.62 bits per heavy atom. The smallest absolute Gasteiger partial charge is 0.384 e. The first-order valence-corrected chi connectivity index (χ1v) is 14.5. The molecular formula is C27H34F3N5O4S. The van der Waals surface area contributed by atoms with Crippen molar-refractivity contribution >= 4 is 28.3 Å². The lowest BCUT2D eigenvalue weighted by Gasteiger charge is -2.39. The van der Waals surface area contributed by atoms with Crippen molar-refractivity contribution in [3.63, 3.8) is 0 Å². The normalized spacial score (nSPS) is 26.1. The predicted octanol–water partition coefficient (Wildman–Crippen LogP) is 2.75. The van der Waals surface area contributed by atoms with Crippen LogP contribution in [0.3, 0.4) is 0 Å². The van der Waals surface area contributed by atoms with E-state index >= 15 is 0 Å². The maximum atomic E-state index is 12.9. The van der Waals surface area contributed by atoms with Crippen LogP contribution in [0.4, 0.5) is 18.3 Å². The van der Waals surface area contributed by atoms with Gasteiger partial charge in [0.2, 0.25) is 5.91 Å². The maximum absolute atomic E-state index is 12.9. The molecule has 3 fully saturated rings. The van der Waals surface area contributed by atoms with E-state index < -0.39 is 23.2 Å². The Morgan fingerprint density at radius 1 is 1.15 bits per heavy atom. The molecule has 1 saturated carbocycles. The second-order valence-corrected chi connectivity index (χ2v) is 11.5. The Labute approximate surface area is 234 Å². The summed E-state index contributed by atoms with van der Waals surface area (Å²) in [5.41, 5.74) is -1.25. The van der Waals surface area contributed by atoms with E-state index in [-0.39, 0.29) is 24.1 Å². The number of aliphatic hydroxyl groups is 1. The summed E-state index contributed by atoms with van der Waals surface area (Å²) in [7, 11) is 0. The number of anilines is 1. The number of ether oxygens (including phenoxy) is 1. The number of thiazole rings is 1. The third-order valence-corrected chi connectivity index (χ3v) is 8.90. The summed E-state index contributed by atoms with van der Waals surface area (Å²) in [6.07, 6.45) is -0.878. The van der Waals surface area contributed by atoms with Gasteiger partial charge in [0.05, 0.1) is 31.0 Å². The van der Waals surface area contributed by atoms with Crippen molar-refractivity contribution in [1.82, 2.24) is 20.5 Å². The van der Waals surface area contributed by atoms with Crippen molar-refractivity contribution in [2.24, 2.45) is 0 Å². The molecule has 1 aromatic carbocycles. The predicted molar refractivity (Wildman–Crippen MR) is 143 cm³/mol. The quantitative estimate of drug-likeness (QED) is 0.462. The van der Waals surface area contributed by atoms with Crippen LogP contribution >= 0.6 is 11.3 Å². The number of halogens is 3. The van der Waals surface area contributed by atoms with Crippen molar-refractivity contribution in [2.45, 2.75) is 56.0 Å². The van der Waals surface area contributed by atoms with Gasteiger partial charge in [-0.15, -0.1) is 11.3 Å². The van der Waals surface area contributed by atoms with Crippen LogP contribution < -0.4 is 15.5 Å². The Morgan fingerprint density at radius 2 is 1.90 bits per heavy atom. The monoisotopic (exact) mass is 581 g/mol. The molecule has 1 aromatic heterocycles. The highest BCUT2D eigenvalue weighted by Crippen LogP contribution is 2.40. The summed E-state index contributed by atoms with van der Waals surface area (Å²) < 4.78 is 44.1. The molecule has 0 unspecified atom stereocenters. The Hall–Kier alpha value is -2.74. The molecule has 40 heavy (non-hydrogen) atoms. The number of benzene rings is 1. The number of nitrogens with one attached hydrogen (secondary N) is 2. The van der Waals surface area contributed by atoms with Gasteiger partial charge in [0.25, 0.3) is 5.91 Å². The molecule has 3 heterocycles. The molecule has 0 radical (unpaired) electrons. The van der Waals surface area contributed by atoms with Crippen molar-refractivity contribution < 1.29 is 32.6 Å². The van der Waals surface area contributed by atoms with E-state index in [9.17, 15) is 27.9 Å². The molecule has 5 rings (SSSR count). The van der Waals surface area contributed by atoms with E-state index in [0.717, 1.165) is 67.9 Å². The molecule has 218 valence electrons. The number of aromatic nitrogens is 1. The van der Waals surface area contributed by atoms with Crippen molar-refractivity contribution in [2.75, 3.05) is 50.8 Å². The number of carbonyl (C=O) groups is 2. The van der Waals surface area contributed by atoms with E-state index in [2.05, 4.69) is 20.4 Å². The number of amides is 2. The fraction of sp³-hybridized carbons (Fsp3) is 0.593. The molecule has 2 saturated heterocycles. The van der Waals surface area contributed by atoms with Crippen molar-refractivity contribution in [1.29, 1.82) is 0 Å². The largest absolute Gasteiger partial charge is 0.416 e. The topological polar surface area (TPSA) is 107 Å². The molecule has 2 amide bonds. The van der Waals surface area contributed by atoms with Crippen LogP contribution in [-0.4, -0.2) is 84.8 Å². The van der Waals surface area contributed by atoms with Gasteiger partial charge in [-0.3, -0.25) is 14.5 Å². The van der Waals surface area contributed by atoms with Crippen LogP contribution in [0, 0.1) is 0 Å². The highest BCUT2D eigenvalue weighted by Gasteiger charge is 2.40. The van der Waals surface area contributed by atoms with Gasteiger partial charge in [-0.1, -0.05) is 6.07 Å². The van der Waals surface area contributed by atoms with Crippen LogP contribution in [0.25, 0.3) is 0 Å². The number of nitrogens with zero attached hydrogens (tertiary/aromatic N) is 3. The first-order valence-electron chi connectivity index (χ1n) is 13.6. The summed E-state index contributed by atoms with van der Waals surface area (Å²) in [6.45, 7) is 4.17. The zero-order valence-electron chi connectivity index (χ0n) is 22.1. The lowest BCUT2D eigenvalue weighted by atomic mass is 9.80. The lowest BCUT2D eigenvalue weighted by Crippen LogP contribution is -2.45. The molecule has 1 aliphatic carbocycles. The summed E-state index contributed by atoms with van der Waals surface area (Å²) in [5.74, 6) is -1.12. The van der Waals surface area contributed by atoms with E-state index in [0.29, 0.717) is 38.6 Å². The summed E-state index contributed by atoms with van der Waals surface area (Å²) >= 11 is 1.56. The van der Waals surface area contributed by atoms with Gasteiger partial charge >= 0.3 is 6.18 Å². The van der Waals surface area contributed by atoms with Gasteiger partial charge < -0.3 is 25.4 Å². The highest BCUT2D eigenvalue weighted by molar-refractivity contribution is 7.13. The van der Waals surface area contributed by atoms with E-state index in [4.69, 9.17) is 9.72 Å². The summed E-state index contributed by atoms with van der Waals surface area (Å²) in [5, 5.41) is 19.6. The second-order valence-electron chi connectivity index (χ2n) is 10.7. The standard InChI is InChI=1S/C27H34F3N5O4S/c28-27(29,30)19-3-1-2-18(14-19)24(37)31-15-23(36)32-20-6-9-35(16-20)21-4-7-26(38,8-5-21)22-17-40-25(33-22)34-10-12-39-13-11-34/h1-3,14,17,20-21,38H,4-13,15-16H2,(H,31,37)(H,32,36)/t20-,21?,26?/m1/s1. The molecule has 2 aromatic rings. The maximum Gasteiger partial charge on any atom is 0.416 e. The zero-order valence-corrected chi connectivity index (χ0v) is 22.9. The molecule has 0 spiro atoms. The second kappa shape index (κ2) is 12.0. The lowest BCUT2D eigenvalue weighted by molar-refractivity contribution is -0.137. The number of rotatable bonds is 7. The number of alkyl halides is 3. The van der Waals surface area contributed by atoms with Crippen LogP contribution in [0.1, 0.15) is 53.7 Å². The summed E-state index contributed by atoms with van der Waals surface area (Å²) in [4.78, 5) is 34.0. The van der Waals surface area contributed by atoms with Crippen molar-refractivity contribution in [3.05, 3.63) is 46.5 Å². The molecule has 9 nitrogen and oxygen atoms in total. The van der Waals surface area contributed by atoms with Gasteiger partial charge in [-0.05, 0) is 50.3 Å². The van der Waals surface area contributed by atoms with Crippen molar-refractivity contribution in [3.8, 4) is 0 Å². The fourth-order valence-corrected chi connectivity index (χ4v) is 6.67. The molecule has 13 heteroatoms. The van der Waals surface area contributed by atoms with Crippen LogP contribution in [0.15, 0.2) is 29.6 Å². The average Bonchev–Trinajstić information content (AvgIpc) is 3.63. The van der Waals surface area contributed by atoms with E-state index in [1.165, 1.54) is 6.07 Å². The third kappa shape index (κ3) is 6.76. The zero-order chi connectivity index (χ0) is 28.3. The first kappa shape index (κ1) is 28.8. The van der Waals surface area contributed by atoms with Crippen LogP contribution in [-0.2, 0) is 21.3 Å². The van der Waals surface area contributed by atoms with Gasteiger partial charge in [0.15, 0.2) is 5.13 Å².